The van der Waals surface area contributed by atoms with Crippen LogP contribution in [-0.2, 0) is 9.53 Å². The van der Waals surface area contributed by atoms with Gasteiger partial charge in [0.05, 0.1) is 6.10 Å². The first-order chi connectivity index (χ1) is 8.27. The van der Waals surface area contributed by atoms with Crippen molar-refractivity contribution in [1.29, 1.82) is 0 Å². The van der Waals surface area contributed by atoms with Crippen molar-refractivity contribution < 1.29 is 14.6 Å². The lowest BCUT2D eigenvalue weighted by Gasteiger charge is -2.26. The zero-order valence-electron chi connectivity index (χ0n) is 9.63. The van der Waals surface area contributed by atoms with Gasteiger partial charge >= 0.3 is 5.97 Å². The van der Waals surface area contributed by atoms with Crippen molar-refractivity contribution in [3.05, 3.63) is 35.9 Å². The molecule has 0 bridgehead atoms. The standard InChI is InChI=1S/C13H17NO3/c15-13(16)12(10-5-2-1-3-6-10)17-11-7-4-8-14-9-11/h1-3,5-6,11-12,14H,4,7-9H2,(H,15,16). The van der Waals surface area contributed by atoms with Gasteiger partial charge in [0.25, 0.3) is 0 Å². The number of carboxylic acid groups (broad SMARTS) is 1. The second kappa shape index (κ2) is 5.80. The topological polar surface area (TPSA) is 58.6 Å². The summed E-state index contributed by atoms with van der Waals surface area (Å²) in [5, 5.41) is 12.4. The number of ether oxygens (including phenoxy) is 1. The van der Waals surface area contributed by atoms with Crippen LogP contribution in [0.4, 0.5) is 0 Å². The first-order valence-corrected chi connectivity index (χ1v) is 5.91. The van der Waals surface area contributed by atoms with Crippen molar-refractivity contribution in [1.82, 2.24) is 5.32 Å². The van der Waals surface area contributed by atoms with E-state index in [1.807, 2.05) is 18.2 Å². The third-order valence-electron chi connectivity index (χ3n) is 2.91. The number of rotatable bonds is 4. The van der Waals surface area contributed by atoms with Gasteiger partial charge in [-0.3, -0.25) is 0 Å². The second-order valence-electron chi connectivity index (χ2n) is 4.23. The molecule has 1 aromatic carbocycles. The molecule has 2 N–H and O–H groups in total. The Balaban J connectivity index is 2.05. The quantitative estimate of drug-likeness (QED) is 0.832. The first kappa shape index (κ1) is 12.1. The fraction of sp³-hybridized carbons (Fsp3) is 0.462. The van der Waals surface area contributed by atoms with E-state index in [-0.39, 0.29) is 6.10 Å². The molecule has 1 saturated heterocycles. The highest BCUT2D eigenvalue weighted by Crippen LogP contribution is 2.21. The van der Waals surface area contributed by atoms with Crippen LogP contribution < -0.4 is 5.32 Å². The van der Waals surface area contributed by atoms with Crippen LogP contribution in [0.3, 0.4) is 0 Å². The predicted octanol–water partition coefficient (Wildman–Crippen LogP) is 1.58. The molecular formula is C13H17NO3. The zero-order valence-corrected chi connectivity index (χ0v) is 9.63. The van der Waals surface area contributed by atoms with Gasteiger partial charge < -0.3 is 15.2 Å². The average molecular weight is 235 g/mol. The van der Waals surface area contributed by atoms with Gasteiger partial charge in [0.1, 0.15) is 0 Å². The third-order valence-corrected chi connectivity index (χ3v) is 2.91. The molecule has 2 rings (SSSR count). The molecule has 0 amide bonds. The van der Waals surface area contributed by atoms with Gasteiger partial charge in [-0.25, -0.2) is 4.79 Å². The maximum atomic E-state index is 11.2. The normalized spacial score (nSPS) is 22.0. The Hall–Kier alpha value is -1.39. The van der Waals surface area contributed by atoms with Gasteiger partial charge in [-0.2, -0.15) is 0 Å². The van der Waals surface area contributed by atoms with Crippen molar-refractivity contribution in [3.8, 4) is 0 Å². The van der Waals surface area contributed by atoms with E-state index in [2.05, 4.69) is 5.32 Å². The molecule has 0 aromatic heterocycles. The number of piperidine rings is 1. The summed E-state index contributed by atoms with van der Waals surface area (Å²) in [5.41, 5.74) is 0.700. The van der Waals surface area contributed by atoms with Gasteiger partial charge in [0.15, 0.2) is 6.10 Å². The summed E-state index contributed by atoms with van der Waals surface area (Å²) in [5.74, 6) is -0.929. The lowest BCUT2D eigenvalue weighted by atomic mass is 10.1. The molecule has 1 aliphatic rings. The Bertz CT molecular complexity index is 360. The SMILES string of the molecule is O=C(O)C(OC1CCCNC1)c1ccccc1. The van der Waals surface area contributed by atoms with Gasteiger partial charge in [0.2, 0.25) is 0 Å². The Labute approximate surface area is 101 Å². The number of carbonyl (C=O) groups is 1. The van der Waals surface area contributed by atoms with Crippen LogP contribution in [0.5, 0.6) is 0 Å². The molecule has 4 nitrogen and oxygen atoms in total. The lowest BCUT2D eigenvalue weighted by molar-refractivity contribution is -0.155. The smallest absolute Gasteiger partial charge is 0.337 e. The molecule has 2 unspecified atom stereocenters. The summed E-state index contributed by atoms with van der Waals surface area (Å²) < 4.78 is 5.68. The molecule has 2 atom stereocenters. The molecule has 17 heavy (non-hydrogen) atoms. The molecule has 1 aliphatic heterocycles. The van der Waals surface area contributed by atoms with Crippen molar-refractivity contribution >= 4 is 5.97 Å². The number of aliphatic carboxylic acids is 1. The maximum Gasteiger partial charge on any atom is 0.337 e. The number of benzene rings is 1. The van der Waals surface area contributed by atoms with Crippen LogP contribution in [0.15, 0.2) is 30.3 Å². The molecule has 4 heteroatoms. The fourth-order valence-electron chi connectivity index (χ4n) is 2.04. The number of hydrogen-bond acceptors (Lipinski definition) is 3. The van der Waals surface area contributed by atoms with Crippen molar-refractivity contribution in [3.63, 3.8) is 0 Å². The van der Waals surface area contributed by atoms with Crippen LogP contribution in [-0.4, -0.2) is 30.3 Å². The van der Waals surface area contributed by atoms with Crippen molar-refractivity contribution in [2.45, 2.75) is 25.0 Å². The minimum Gasteiger partial charge on any atom is -0.479 e. The Kier molecular flexibility index (Phi) is 4.12. The fourth-order valence-corrected chi connectivity index (χ4v) is 2.04. The molecule has 0 spiro atoms. The number of carboxylic acids is 1. The Morgan fingerprint density at radius 1 is 1.41 bits per heavy atom. The number of hydrogen-bond donors (Lipinski definition) is 2. The van der Waals surface area contributed by atoms with Crippen LogP contribution in [0.1, 0.15) is 24.5 Å². The van der Waals surface area contributed by atoms with Gasteiger partial charge in [0, 0.05) is 6.54 Å². The van der Waals surface area contributed by atoms with E-state index < -0.39 is 12.1 Å². The summed E-state index contributed by atoms with van der Waals surface area (Å²) in [6, 6.07) is 9.09. The molecule has 92 valence electrons. The molecular weight excluding hydrogens is 218 g/mol. The predicted molar refractivity (Wildman–Crippen MR) is 63.8 cm³/mol. The van der Waals surface area contributed by atoms with Gasteiger partial charge in [-0.1, -0.05) is 30.3 Å². The minimum absolute atomic E-state index is 0.00921. The van der Waals surface area contributed by atoms with E-state index >= 15 is 0 Å². The summed E-state index contributed by atoms with van der Waals surface area (Å²) >= 11 is 0. The highest BCUT2D eigenvalue weighted by molar-refractivity contribution is 5.74. The summed E-state index contributed by atoms with van der Waals surface area (Å²) in [6.07, 6.45) is 1.08. The van der Waals surface area contributed by atoms with Crippen LogP contribution in [0.25, 0.3) is 0 Å². The summed E-state index contributed by atoms with van der Waals surface area (Å²) in [7, 11) is 0. The zero-order chi connectivity index (χ0) is 12.1. The van der Waals surface area contributed by atoms with Gasteiger partial charge in [-0.05, 0) is 24.9 Å². The lowest BCUT2D eigenvalue weighted by Crippen LogP contribution is -2.37. The van der Waals surface area contributed by atoms with Gasteiger partial charge in [-0.15, -0.1) is 0 Å². The van der Waals surface area contributed by atoms with E-state index in [1.54, 1.807) is 12.1 Å². The number of nitrogens with one attached hydrogen (secondary N) is 1. The Morgan fingerprint density at radius 2 is 2.18 bits per heavy atom. The summed E-state index contributed by atoms with van der Waals surface area (Å²) in [6.45, 7) is 1.72. The molecule has 0 radical (unpaired) electrons. The summed E-state index contributed by atoms with van der Waals surface area (Å²) in [4.78, 5) is 11.2. The minimum atomic E-state index is -0.929. The van der Waals surface area contributed by atoms with Crippen LogP contribution in [0.2, 0.25) is 0 Å². The molecule has 1 fully saturated rings. The Morgan fingerprint density at radius 3 is 2.76 bits per heavy atom. The van der Waals surface area contributed by atoms with E-state index in [1.165, 1.54) is 0 Å². The van der Waals surface area contributed by atoms with Crippen molar-refractivity contribution in [2.75, 3.05) is 13.1 Å². The maximum absolute atomic E-state index is 11.2. The average Bonchev–Trinajstić information content (AvgIpc) is 2.38. The first-order valence-electron chi connectivity index (χ1n) is 5.91. The van der Waals surface area contributed by atoms with Crippen LogP contribution in [0, 0.1) is 0 Å². The molecule has 0 aliphatic carbocycles. The van der Waals surface area contributed by atoms with E-state index in [0.717, 1.165) is 25.9 Å². The second-order valence-corrected chi connectivity index (χ2v) is 4.23. The highest BCUT2D eigenvalue weighted by Gasteiger charge is 2.25. The highest BCUT2D eigenvalue weighted by atomic mass is 16.5. The van der Waals surface area contributed by atoms with E-state index in [4.69, 9.17) is 4.74 Å². The van der Waals surface area contributed by atoms with E-state index in [0.29, 0.717) is 5.56 Å². The largest absolute Gasteiger partial charge is 0.479 e. The third kappa shape index (κ3) is 3.28. The van der Waals surface area contributed by atoms with Crippen molar-refractivity contribution in [2.24, 2.45) is 0 Å². The molecule has 1 aromatic rings. The van der Waals surface area contributed by atoms with E-state index in [9.17, 15) is 9.90 Å². The van der Waals surface area contributed by atoms with Crippen LogP contribution >= 0.6 is 0 Å². The molecule has 1 heterocycles. The molecule has 0 saturated carbocycles. The monoisotopic (exact) mass is 235 g/mol.